The largest absolute Gasteiger partial charge is 0.530 e. The van der Waals surface area contributed by atoms with E-state index in [9.17, 15) is 4.21 Å². The fourth-order valence-corrected chi connectivity index (χ4v) is 0.407. The first-order valence-electron chi connectivity index (χ1n) is 1.60. The molecule has 0 aliphatic heterocycles. The van der Waals surface area contributed by atoms with E-state index in [1.165, 1.54) is 6.20 Å². The minimum atomic E-state index is 0.321. The van der Waals surface area contributed by atoms with Gasteiger partial charge in [0.15, 0.2) is 0 Å². The molecule has 4 nitrogen and oxygen atoms in total. The minimum Gasteiger partial charge on any atom is -0.259 e. The fraction of sp³-hybridized carbons (Fsp3) is 0. The Morgan fingerprint density at radius 1 is 1.86 bits per heavy atom. The lowest BCUT2D eigenvalue weighted by molar-refractivity contribution is 0.603. The average Bonchev–Trinajstić information content (AvgIpc) is 2.14. The van der Waals surface area contributed by atoms with Crippen molar-refractivity contribution in [1.29, 1.82) is 0 Å². The maximum absolute atomic E-state index is 9.79. The van der Waals surface area contributed by atoms with Crippen molar-refractivity contribution in [3.05, 3.63) is 6.20 Å². The summed E-state index contributed by atoms with van der Waals surface area (Å²) in [5, 5.41) is 9.45. The second-order valence-electron chi connectivity index (χ2n) is 0.895. The smallest absolute Gasteiger partial charge is 0.259 e. The molecule has 0 bridgehead atoms. The zero-order valence-electron chi connectivity index (χ0n) is 3.29. The third-order valence-electron chi connectivity index (χ3n) is 0.480. The van der Waals surface area contributed by atoms with E-state index in [2.05, 4.69) is 15.4 Å². The summed E-state index contributed by atoms with van der Waals surface area (Å²) in [5.41, 5.74) is 0. The maximum atomic E-state index is 9.79. The van der Waals surface area contributed by atoms with Crippen molar-refractivity contribution in [3.8, 4) is 0 Å². The molecule has 1 rings (SSSR count). The van der Waals surface area contributed by atoms with Crippen LogP contribution in [0, 0.1) is 0 Å². The molecule has 0 atom stereocenters. The summed E-state index contributed by atoms with van der Waals surface area (Å²) in [7, 11) is 0. The summed E-state index contributed by atoms with van der Waals surface area (Å²) in [6, 6.07) is 0. The van der Waals surface area contributed by atoms with Gasteiger partial charge < -0.3 is 0 Å². The SMILES string of the molecule is O=[S+]c1c[nH]nn1. The Labute approximate surface area is 43.4 Å². The van der Waals surface area contributed by atoms with Crippen LogP contribution in [-0.4, -0.2) is 15.4 Å². The first-order valence-corrected chi connectivity index (χ1v) is 2.34. The van der Waals surface area contributed by atoms with Gasteiger partial charge in [-0.2, -0.15) is 0 Å². The highest BCUT2D eigenvalue weighted by atomic mass is 32.1. The lowest BCUT2D eigenvalue weighted by Crippen LogP contribution is -1.69. The summed E-state index contributed by atoms with van der Waals surface area (Å²) in [6.07, 6.45) is 1.44. The van der Waals surface area contributed by atoms with Crippen molar-refractivity contribution in [2.75, 3.05) is 0 Å². The van der Waals surface area contributed by atoms with Gasteiger partial charge in [-0.3, -0.25) is 5.10 Å². The van der Waals surface area contributed by atoms with Crippen molar-refractivity contribution < 1.29 is 4.21 Å². The second kappa shape index (κ2) is 1.74. The van der Waals surface area contributed by atoms with E-state index in [1.54, 1.807) is 0 Å². The van der Waals surface area contributed by atoms with E-state index >= 15 is 0 Å². The van der Waals surface area contributed by atoms with Crippen molar-refractivity contribution in [3.63, 3.8) is 0 Å². The molecular weight excluding hydrogens is 114 g/mol. The lowest BCUT2D eigenvalue weighted by Gasteiger charge is -1.44. The molecule has 1 aromatic heterocycles. The van der Waals surface area contributed by atoms with Crippen LogP contribution in [0.2, 0.25) is 0 Å². The van der Waals surface area contributed by atoms with Crippen LogP contribution in [0.4, 0.5) is 0 Å². The highest BCUT2D eigenvalue weighted by Crippen LogP contribution is 1.82. The molecule has 0 aliphatic carbocycles. The zero-order chi connectivity index (χ0) is 5.11. The first-order chi connectivity index (χ1) is 3.43. The van der Waals surface area contributed by atoms with Gasteiger partial charge in [0.2, 0.25) is 0 Å². The van der Waals surface area contributed by atoms with Crippen molar-refractivity contribution in [1.82, 2.24) is 15.4 Å². The van der Waals surface area contributed by atoms with Crippen LogP contribution in [0.1, 0.15) is 0 Å². The van der Waals surface area contributed by atoms with Gasteiger partial charge in [0.1, 0.15) is 6.20 Å². The van der Waals surface area contributed by atoms with Crippen molar-refractivity contribution in [2.24, 2.45) is 0 Å². The molecule has 0 aliphatic rings. The topological polar surface area (TPSA) is 58.6 Å². The van der Waals surface area contributed by atoms with Crippen LogP contribution in [0.25, 0.3) is 0 Å². The molecule has 1 aromatic rings. The number of nitrogens with one attached hydrogen (secondary N) is 1. The molecule has 0 radical (unpaired) electrons. The lowest BCUT2D eigenvalue weighted by atomic mass is 11.0. The van der Waals surface area contributed by atoms with Crippen molar-refractivity contribution in [2.45, 2.75) is 5.03 Å². The van der Waals surface area contributed by atoms with E-state index in [0.29, 0.717) is 16.7 Å². The van der Waals surface area contributed by atoms with Gasteiger partial charge in [-0.05, 0) is 0 Å². The van der Waals surface area contributed by atoms with Gasteiger partial charge in [0, 0.05) is 4.21 Å². The average molecular weight is 116 g/mol. The van der Waals surface area contributed by atoms with E-state index in [1.807, 2.05) is 0 Å². The molecule has 1 heterocycles. The molecule has 0 saturated carbocycles. The van der Waals surface area contributed by atoms with Gasteiger partial charge in [0.25, 0.3) is 0 Å². The molecule has 0 unspecified atom stereocenters. The highest BCUT2D eigenvalue weighted by Gasteiger charge is 2.06. The summed E-state index contributed by atoms with van der Waals surface area (Å²) in [4.78, 5) is 0. The Morgan fingerprint density at radius 2 is 2.71 bits per heavy atom. The van der Waals surface area contributed by atoms with Gasteiger partial charge in [-0.1, -0.05) is 10.3 Å². The molecule has 0 aromatic carbocycles. The number of aromatic nitrogens is 3. The van der Waals surface area contributed by atoms with E-state index in [4.69, 9.17) is 0 Å². The van der Waals surface area contributed by atoms with Gasteiger partial charge in [0.05, 0.1) is 0 Å². The predicted molar refractivity (Wildman–Crippen MR) is 22.7 cm³/mol. The Hall–Kier alpha value is -0.840. The molecule has 0 amide bonds. The zero-order valence-corrected chi connectivity index (χ0v) is 4.10. The summed E-state index contributed by atoms with van der Waals surface area (Å²) >= 11 is 0.321. The minimum absolute atomic E-state index is 0.321. The molecule has 1 N–H and O–H groups in total. The Morgan fingerprint density at radius 3 is 3.00 bits per heavy atom. The first kappa shape index (κ1) is 4.32. The molecule has 7 heavy (non-hydrogen) atoms. The predicted octanol–water partition coefficient (Wildman–Crippen LogP) is -0.408. The molecule has 0 saturated heterocycles. The van der Waals surface area contributed by atoms with Crippen LogP contribution in [0.3, 0.4) is 0 Å². The Bertz CT molecular complexity index is 148. The number of hydrogen-bond acceptors (Lipinski definition) is 3. The summed E-state index contributed by atoms with van der Waals surface area (Å²) in [6.45, 7) is 0. The molecule has 36 valence electrons. The summed E-state index contributed by atoms with van der Waals surface area (Å²) < 4.78 is 9.79. The number of nitrogens with zero attached hydrogens (tertiary/aromatic N) is 2. The number of rotatable bonds is 1. The van der Waals surface area contributed by atoms with Crippen LogP contribution in [-0.2, 0) is 15.9 Å². The third kappa shape index (κ3) is 0.774. The molecular formula is C2H2N3OS+. The van der Waals surface area contributed by atoms with Gasteiger partial charge in [-0.15, -0.1) is 0 Å². The van der Waals surface area contributed by atoms with E-state index < -0.39 is 0 Å². The standard InChI is InChI=1S/C2H2N3OS/c6-7-2-1-3-5-4-2/h1H,(H,3,4,5)/q+1. The van der Waals surface area contributed by atoms with Gasteiger partial charge >= 0.3 is 16.7 Å². The van der Waals surface area contributed by atoms with Crippen LogP contribution in [0.5, 0.6) is 0 Å². The normalized spacial score (nSPS) is 8.57. The number of aromatic amines is 1. The summed E-state index contributed by atoms with van der Waals surface area (Å²) in [5.74, 6) is 0. The second-order valence-corrected chi connectivity index (χ2v) is 1.48. The number of H-pyrrole nitrogens is 1. The monoisotopic (exact) mass is 116 g/mol. The molecule has 0 fully saturated rings. The van der Waals surface area contributed by atoms with Gasteiger partial charge in [-0.25, -0.2) is 0 Å². The third-order valence-corrected chi connectivity index (χ3v) is 0.850. The maximum Gasteiger partial charge on any atom is 0.530 e. The quantitative estimate of drug-likeness (QED) is 0.507. The molecule has 0 spiro atoms. The van der Waals surface area contributed by atoms with Crippen LogP contribution < -0.4 is 0 Å². The Balaban J connectivity index is 2.96. The fourth-order valence-electron chi connectivity index (χ4n) is 0.232. The van der Waals surface area contributed by atoms with E-state index in [0.717, 1.165) is 0 Å². The van der Waals surface area contributed by atoms with Crippen LogP contribution >= 0.6 is 0 Å². The van der Waals surface area contributed by atoms with E-state index in [-0.39, 0.29) is 0 Å². The van der Waals surface area contributed by atoms with Crippen LogP contribution in [0.15, 0.2) is 11.2 Å². The molecule has 5 heteroatoms. The van der Waals surface area contributed by atoms with Crippen molar-refractivity contribution >= 4 is 11.7 Å². The highest BCUT2D eigenvalue weighted by molar-refractivity contribution is 7.65. The Kier molecular flexibility index (Phi) is 1.08. The number of hydrogen-bond donors (Lipinski definition) is 1.